The zero-order valence-electron chi connectivity index (χ0n) is 14.6. The van der Waals surface area contributed by atoms with Crippen LogP contribution in [-0.4, -0.2) is 61.8 Å². The van der Waals surface area contributed by atoms with Crippen molar-refractivity contribution in [2.24, 2.45) is 10.9 Å². The van der Waals surface area contributed by atoms with Crippen LogP contribution in [0.1, 0.15) is 19.4 Å². The molecule has 5 nitrogen and oxygen atoms in total. The standard InChI is InChI=1S/C18H30N4O/c1-4-19-18(20-13-16(3)14-23)22-10-8-21(9-11-22)17-7-5-6-15(2)12-17/h5-7,12,16,23H,4,8-11,13-14H2,1-3H3,(H,19,20). The van der Waals surface area contributed by atoms with Crippen molar-refractivity contribution in [3.8, 4) is 0 Å². The highest BCUT2D eigenvalue weighted by atomic mass is 16.3. The van der Waals surface area contributed by atoms with Crippen LogP contribution in [0, 0.1) is 12.8 Å². The van der Waals surface area contributed by atoms with Crippen LogP contribution in [0.2, 0.25) is 0 Å². The number of nitrogens with zero attached hydrogens (tertiary/aromatic N) is 3. The van der Waals surface area contributed by atoms with E-state index in [0.29, 0.717) is 6.54 Å². The molecule has 0 aromatic heterocycles. The number of hydrogen-bond donors (Lipinski definition) is 2. The molecule has 0 amide bonds. The van der Waals surface area contributed by atoms with Crippen molar-refractivity contribution in [1.82, 2.24) is 10.2 Å². The van der Waals surface area contributed by atoms with Gasteiger partial charge < -0.3 is 20.2 Å². The van der Waals surface area contributed by atoms with Gasteiger partial charge in [0.25, 0.3) is 0 Å². The van der Waals surface area contributed by atoms with Gasteiger partial charge in [0.1, 0.15) is 0 Å². The highest BCUT2D eigenvalue weighted by molar-refractivity contribution is 5.80. The Bertz CT molecular complexity index is 509. The van der Waals surface area contributed by atoms with Gasteiger partial charge in [-0.3, -0.25) is 4.99 Å². The van der Waals surface area contributed by atoms with E-state index in [-0.39, 0.29) is 12.5 Å². The summed E-state index contributed by atoms with van der Waals surface area (Å²) in [4.78, 5) is 9.43. The van der Waals surface area contributed by atoms with Gasteiger partial charge in [-0.25, -0.2) is 0 Å². The molecule has 1 aromatic rings. The molecule has 1 aromatic carbocycles. The molecule has 2 rings (SSSR count). The molecule has 1 fully saturated rings. The first-order chi connectivity index (χ1) is 11.1. The summed E-state index contributed by atoms with van der Waals surface area (Å²) < 4.78 is 0. The maximum Gasteiger partial charge on any atom is 0.194 e. The average Bonchev–Trinajstić information content (AvgIpc) is 2.58. The summed E-state index contributed by atoms with van der Waals surface area (Å²) in [5.41, 5.74) is 2.61. The monoisotopic (exact) mass is 318 g/mol. The fraction of sp³-hybridized carbons (Fsp3) is 0.611. The topological polar surface area (TPSA) is 51.1 Å². The molecular weight excluding hydrogens is 288 g/mol. The first kappa shape index (κ1) is 17.6. The van der Waals surface area contributed by atoms with E-state index in [2.05, 4.69) is 58.2 Å². The molecule has 1 heterocycles. The zero-order valence-corrected chi connectivity index (χ0v) is 14.6. The van der Waals surface area contributed by atoms with Crippen LogP contribution >= 0.6 is 0 Å². The van der Waals surface area contributed by atoms with E-state index in [1.54, 1.807) is 0 Å². The number of aliphatic hydroxyl groups is 1. The van der Waals surface area contributed by atoms with Gasteiger partial charge in [-0.1, -0.05) is 19.1 Å². The summed E-state index contributed by atoms with van der Waals surface area (Å²) in [6.45, 7) is 11.9. The Balaban J connectivity index is 1.95. The van der Waals surface area contributed by atoms with Gasteiger partial charge >= 0.3 is 0 Å². The molecule has 128 valence electrons. The Morgan fingerprint density at radius 3 is 2.65 bits per heavy atom. The van der Waals surface area contributed by atoms with Gasteiger partial charge in [0.15, 0.2) is 5.96 Å². The number of aliphatic hydroxyl groups excluding tert-OH is 1. The number of rotatable bonds is 5. The lowest BCUT2D eigenvalue weighted by atomic mass is 10.2. The number of nitrogens with one attached hydrogen (secondary N) is 1. The molecule has 1 atom stereocenters. The van der Waals surface area contributed by atoms with Crippen molar-refractivity contribution in [2.45, 2.75) is 20.8 Å². The number of piperazine rings is 1. The highest BCUT2D eigenvalue weighted by Crippen LogP contribution is 2.17. The van der Waals surface area contributed by atoms with Crippen molar-refractivity contribution in [3.63, 3.8) is 0 Å². The predicted molar refractivity (Wildman–Crippen MR) is 97.2 cm³/mol. The van der Waals surface area contributed by atoms with E-state index in [1.807, 2.05) is 6.92 Å². The molecule has 0 aliphatic carbocycles. The molecule has 2 N–H and O–H groups in total. The molecule has 23 heavy (non-hydrogen) atoms. The van der Waals surface area contributed by atoms with E-state index in [0.717, 1.165) is 38.7 Å². The fourth-order valence-corrected chi connectivity index (χ4v) is 2.73. The predicted octanol–water partition coefficient (Wildman–Crippen LogP) is 1.71. The first-order valence-corrected chi connectivity index (χ1v) is 8.59. The van der Waals surface area contributed by atoms with Gasteiger partial charge in [0.05, 0.1) is 0 Å². The van der Waals surface area contributed by atoms with Crippen molar-refractivity contribution >= 4 is 11.6 Å². The molecule has 5 heteroatoms. The lowest BCUT2D eigenvalue weighted by molar-refractivity contribution is 0.241. The minimum atomic E-state index is 0.185. The van der Waals surface area contributed by atoms with E-state index < -0.39 is 0 Å². The largest absolute Gasteiger partial charge is 0.396 e. The molecule has 1 aliphatic rings. The average molecular weight is 318 g/mol. The van der Waals surface area contributed by atoms with Crippen LogP contribution in [0.15, 0.2) is 29.3 Å². The van der Waals surface area contributed by atoms with Crippen LogP contribution in [0.4, 0.5) is 5.69 Å². The van der Waals surface area contributed by atoms with Crippen molar-refractivity contribution in [3.05, 3.63) is 29.8 Å². The Morgan fingerprint density at radius 1 is 1.30 bits per heavy atom. The second kappa shape index (κ2) is 8.77. The lowest BCUT2D eigenvalue weighted by Crippen LogP contribution is -2.52. The van der Waals surface area contributed by atoms with Crippen molar-refractivity contribution in [1.29, 1.82) is 0 Å². The second-order valence-corrected chi connectivity index (χ2v) is 6.30. The van der Waals surface area contributed by atoms with Crippen LogP contribution in [0.5, 0.6) is 0 Å². The number of aryl methyl sites for hydroxylation is 1. The summed E-state index contributed by atoms with van der Waals surface area (Å²) in [7, 11) is 0. The summed E-state index contributed by atoms with van der Waals surface area (Å²) in [6.07, 6.45) is 0. The molecule has 1 unspecified atom stereocenters. The van der Waals surface area contributed by atoms with Crippen LogP contribution in [0.25, 0.3) is 0 Å². The number of anilines is 1. The molecule has 1 aliphatic heterocycles. The highest BCUT2D eigenvalue weighted by Gasteiger charge is 2.20. The molecule has 0 spiro atoms. The molecular formula is C18H30N4O. The van der Waals surface area contributed by atoms with Crippen LogP contribution < -0.4 is 10.2 Å². The van der Waals surface area contributed by atoms with Gasteiger partial charge in [0.2, 0.25) is 0 Å². The van der Waals surface area contributed by atoms with Crippen LogP contribution in [0.3, 0.4) is 0 Å². The Hall–Kier alpha value is -1.75. The van der Waals surface area contributed by atoms with Gasteiger partial charge in [-0.2, -0.15) is 0 Å². The summed E-state index contributed by atoms with van der Waals surface area (Å²) in [5, 5.41) is 12.5. The zero-order chi connectivity index (χ0) is 16.7. The first-order valence-electron chi connectivity index (χ1n) is 8.59. The Labute approximate surface area is 140 Å². The number of hydrogen-bond acceptors (Lipinski definition) is 3. The third kappa shape index (κ3) is 5.13. The molecule has 0 saturated carbocycles. The maximum absolute atomic E-state index is 9.16. The van der Waals surface area contributed by atoms with Gasteiger partial charge in [-0.05, 0) is 37.5 Å². The Kier molecular flexibility index (Phi) is 6.71. The van der Waals surface area contributed by atoms with Crippen molar-refractivity contribution < 1.29 is 5.11 Å². The Morgan fingerprint density at radius 2 is 2.04 bits per heavy atom. The number of guanidine groups is 1. The summed E-state index contributed by atoms with van der Waals surface area (Å²) in [5.74, 6) is 1.17. The third-order valence-electron chi connectivity index (χ3n) is 4.15. The minimum absolute atomic E-state index is 0.185. The second-order valence-electron chi connectivity index (χ2n) is 6.30. The quantitative estimate of drug-likeness (QED) is 0.641. The molecule has 0 radical (unpaired) electrons. The van der Waals surface area contributed by atoms with E-state index in [1.165, 1.54) is 11.3 Å². The van der Waals surface area contributed by atoms with Crippen molar-refractivity contribution in [2.75, 3.05) is 50.8 Å². The molecule has 1 saturated heterocycles. The third-order valence-corrected chi connectivity index (χ3v) is 4.15. The number of benzene rings is 1. The molecule has 0 bridgehead atoms. The summed E-state index contributed by atoms with van der Waals surface area (Å²) >= 11 is 0. The minimum Gasteiger partial charge on any atom is -0.396 e. The smallest absolute Gasteiger partial charge is 0.194 e. The summed E-state index contributed by atoms with van der Waals surface area (Å²) in [6, 6.07) is 8.69. The van der Waals surface area contributed by atoms with Gasteiger partial charge in [0, 0.05) is 51.6 Å². The normalized spacial score (nSPS) is 17.3. The lowest BCUT2D eigenvalue weighted by Gasteiger charge is -2.38. The number of aliphatic imine (C=N–C) groups is 1. The van der Waals surface area contributed by atoms with Crippen LogP contribution in [-0.2, 0) is 0 Å². The maximum atomic E-state index is 9.16. The van der Waals surface area contributed by atoms with E-state index >= 15 is 0 Å². The van der Waals surface area contributed by atoms with E-state index in [4.69, 9.17) is 5.11 Å². The van der Waals surface area contributed by atoms with E-state index in [9.17, 15) is 0 Å². The fourth-order valence-electron chi connectivity index (χ4n) is 2.73. The SMILES string of the molecule is CCNC(=NCC(C)CO)N1CCN(c2cccc(C)c2)CC1. The van der Waals surface area contributed by atoms with Gasteiger partial charge in [-0.15, -0.1) is 0 Å².